The molecule has 1 unspecified atom stereocenters. The highest BCUT2D eigenvalue weighted by atomic mass is 19.1. The number of rotatable bonds is 2. The van der Waals surface area contributed by atoms with Gasteiger partial charge >= 0.3 is 0 Å². The second-order valence-corrected chi connectivity index (χ2v) is 4.05. The van der Waals surface area contributed by atoms with Crippen LogP contribution in [-0.2, 0) is 5.54 Å². The van der Waals surface area contributed by atoms with E-state index >= 15 is 0 Å². The minimum absolute atomic E-state index is 0.175. The van der Waals surface area contributed by atoms with Crippen molar-refractivity contribution in [1.29, 1.82) is 0 Å². The fraction of sp³-hybridized carbons (Fsp3) is 0.455. The lowest BCUT2D eigenvalue weighted by molar-refractivity contribution is 0.372. The van der Waals surface area contributed by atoms with E-state index in [2.05, 4.69) is 0 Å². The van der Waals surface area contributed by atoms with Gasteiger partial charge in [-0.2, -0.15) is 0 Å². The van der Waals surface area contributed by atoms with Crippen molar-refractivity contribution in [3.8, 4) is 5.75 Å². The summed E-state index contributed by atoms with van der Waals surface area (Å²) in [6.45, 7) is 1.48. The number of alkyl halides is 1. The molecule has 3 heteroatoms. The van der Waals surface area contributed by atoms with Crippen LogP contribution in [-0.4, -0.2) is 5.11 Å². The van der Waals surface area contributed by atoms with E-state index in [0.29, 0.717) is 11.1 Å². The average Bonchev–Trinajstić information content (AvgIpc) is 2.85. The first kappa shape index (κ1) is 9.46. The molecule has 0 spiro atoms. The van der Waals surface area contributed by atoms with Crippen LogP contribution in [0.3, 0.4) is 0 Å². The van der Waals surface area contributed by atoms with Crippen LogP contribution >= 0.6 is 0 Å². The number of phenolic OH excluding ortho intramolecular Hbond substituents is 1. The molecule has 76 valence electrons. The largest absolute Gasteiger partial charge is 0.508 e. The van der Waals surface area contributed by atoms with E-state index in [0.717, 1.165) is 12.8 Å². The fourth-order valence-electron chi connectivity index (χ4n) is 1.60. The molecule has 1 aliphatic carbocycles. The molecule has 2 nitrogen and oxygen atoms in total. The average molecular weight is 195 g/mol. The van der Waals surface area contributed by atoms with Gasteiger partial charge in [-0.3, -0.25) is 0 Å². The lowest BCUT2D eigenvalue weighted by Gasteiger charge is -2.13. The minimum Gasteiger partial charge on any atom is -0.508 e. The van der Waals surface area contributed by atoms with E-state index in [1.165, 1.54) is 13.0 Å². The third-order valence-corrected chi connectivity index (χ3v) is 2.81. The molecule has 2 rings (SSSR count). The Kier molecular flexibility index (Phi) is 2.00. The number of halogens is 1. The predicted octanol–water partition coefficient (Wildman–Crippen LogP) is 2.37. The van der Waals surface area contributed by atoms with Crippen LogP contribution in [0.15, 0.2) is 18.2 Å². The Labute approximate surface area is 82.5 Å². The first-order valence-corrected chi connectivity index (χ1v) is 4.79. The topological polar surface area (TPSA) is 46.2 Å². The minimum atomic E-state index is -1.02. The maximum Gasteiger partial charge on any atom is 0.122 e. The quantitative estimate of drug-likeness (QED) is 0.761. The van der Waals surface area contributed by atoms with Crippen molar-refractivity contribution in [1.82, 2.24) is 0 Å². The third-order valence-electron chi connectivity index (χ3n) is 2.81. The Morgan fingerprint density at radius 2 is 2.14 bits per heavy atom. The molecule has 0 aromatic heterocycles. The van der Waals surface area contributed by atoms with Crippen molar-refractivity contribution in [3.05, 3.63) is 29.3 Å². The second kappa shape index (κ2) is 2.95. The van der Waals surface area contributed by atoms with E-state index in [-0.39, 0.29) is 5.75 Å². The van der Waals surface area contributed by atoms with Crippen LogP contribution in [0.2, 0.25) is 0 Å². The highest BCUT2D eigenvalue weighted by Crippen LogP contribution is 2.46. The molecule has 1 fully saturated rings. The summed E-state index contributed by atoms with van der Waals surface area (Å²) in [5, 5.41) is 9.59. The zero-order valence-electron chi connectivity index (χ0n) is 8.13. The van der Waals surface area contributed by atoms with Crippen molar-refractivity contribution in [2.45, 2.75) is 31.5 Å². The Morgan fingerprint density at radius 1 is 1.50 bits per heavy atom. The Balaban J connectivity index is 2.43. The summed E-state index contributed by atoms with van der Waals surface area (Å²) >= 11 is 0. The van der Waals surface area contributed by atoms with E-state index < -0.39 is 11.7 Å². The van der Waals surface area contributed by atoms with Gasteiger partial charge in [-0.05, 0) is 37.5 Å². The molecule has 1 aliphatic rings. The molecule has 0 bridgehead atoms. The number of phenols is 1. The monoisotopic (exact) mass is 195 g/mol. The first-order chi connectivity index (χ1) is 6.53. The standard InChI is InChI=1S/C11H14FNO/c1-7(12)8-2-3-10(14)9(6-8)11(13)4-5-11/h2-3,6-7,14H,4-5,13H2,1H3. The van der Waals surface area contributed by atoms with E-state index in [1.807, 2.05) is 0 Å². The van der Waals surface area contributed by atoms with Gasteiger partial charge in [0.1, 0.15) is 11.9 Å². The predicted molar refractivity (Wildman–Crippen MR) is 52.7 cm³/mol. The maximum absolute atomic E-state index is 13.0. The Morgan fingerprint density at radius 3 is 2.64 bits per heavy atom. The van der Waals surface area contributed by atoms with Crippen molar-refractivity contribution in [3.63, 3.8) is 0 Å². The molecule has 1 aromatic rings. The summed E-state index contributed by atoms with van der Waals surface area (Å²) in [7, 11) is 0. The number of benzene rings is 1. The van der Waals surface area contributed by atoms with Gasteiger partial charge in [0.2, 0.25) is 0 Å². The van der Waals surface area contributed by atoms with Crippen LogP contribution < -0.4 is 5.73 Å². The van der Waals surface area contributed by atoms with Gasteiger partial charge in [0, 0.05) is 11.1 Å². The van der Waals surface area contributed by atoms with Gasteiger partial charge in [-0.1, -0.05) is 6.07 Å². The molecule has 0 aliphatic heterocycles. The molecule has 1 aromatic carbocycles. The summed E-state index contributed by atoms with van der Waals surface area (Å²) in [6, 6.07) is 4.79. The van der Waals surface area contributed by atoms with Gasteiger partial charge in [-0.15, -0.1) is 0 Å². The van der Waals surface area contributed by atoms with Gasteiger partial charge in [0.25, 0.3) is 0 Å². The zero-order chi connectivity index (χ0) is 10.3. The summed E-state index contributed by atoms with van der Waals surface area (Å²) in [4.78, 5) is 0. The SMILES string of the molecule is CC(F)c1ccc(O)c(C2(N)CC2)c1. The number of hydrogen-bond donors (Lipinski definition) is 2. The molecule has 0 radical (unpaired) electrons. The summed E-state index contributed by atoms with van der Waals surface area (Å²) in [5.41, 5.74) is 6.81. The highest BCUT2D eigenvalue weighted by Gasteiger charge is 2.42. The molecule has 1 atom stereocenters. The van der Waals surface area contributed by atoms with Crippen molar-refractivity contribution >= 4 is 0 Å². The second-order valence-electron chi connectivity index (χ2n) is 4.05. The Bertz CT molecular complexity index is 358. The van der Waals surface area contributed by atoms with Crippen LogP contribution in [0, 0.1) is 0 Å². The summed E-state index contributed by atoms with van der Waals surface area (Å²) in [5.74, 6) is 0.175. The van der Waals surface area contributed by atoms with Crippen LogP contribution in [0.25, 0.3) is 0 Å². The fourth-order valence-corrected chi connectivity index (χ4v) is 1.60. The number of hydrogen-bond acceptors (Lipinski definition) is 2. The van der Waals surface area contributed by atoms with Crippen molar-refractivity contribution in [2.24, 2.45) is 5.73 Å². The zero-order valence-corrected chi connectivity index (χ0v) is 8.13. The van der Waals surface area contributed by atoms with E-state index in [4.69, 9.17) is 5.73 Å². The van der Waals surface area contributed by atoms with Gasteiger partial charge < -0.3 is 10.8 Å². The first-order valence-electron chi connectivity index (χ1n) is 4.79. The Hall–Kier alpha value is -1.09. The smallest absolute Gasteiger partial charge is 0.122 e. The van der Waals surface area contributed by atoms with Gasteiger partial charge in [0.15, 0.2) is 0 Å². The summed E-state index contributed by atoms with van der Waals surface area (Å²) < 4.78 is 13.0. The molecule has 0 saturated heterocycles. The summed E-state index contributed by atoms with van der Waals surface area (Å²) in [6.07, 6.45) is 0.715. The maximum atomic E-state index is 13.0. The molecule has 1 saturated carbocycles. The molecular weight excluding hydrogens is 181 g/mol. The molecule has 0 amide bonds. The van der Waals surface area contributed by atoms with Crippen molar-refractivity contribution < 1.29 is 9.50 Å². The normalized spacial score (nSPS) is 20.5. The number of nitrogens with two attached hydrogens (primary N) is 1. The van der Waals surface area contributed by atoms with E-state index in [9.17, 15) is 9.50 Å². The highest BCUT2D eigenvalue weighted by molar-refractivity contribution is 5.44. The van der Waals surface area contributed by atoms with Crippen LogP contribution in [0.5, 0.6) is 5.75 Å². The van der Waals surface area contributed by atoms with Crippen LogP contribution in [0.1, 0.15) is 37.1 Å². The van der Waals surface area contributed by atoms with Gasteiger partial charge in [0.05, 0.1) is 0 Å². The number of aromatic hydroxyl groups is 1. The van der Waals surface area contributed by atoms with E-state index in [1.54, 1.807) is 12.1 Å². The molecule has 3 N–H and O–H groups in total. The molecular formula is C11H14FNO. The molecule has 14 heavy (non-hydrogen) atoms. The van der Waals surface area contributed by atoms with Crippen LogP contribution in [0.4, 0.5) is 4.39 Å². The van der Waals surface area contributed by atoms with Gasteiger partial charge in [-0.25, -0.2) is 4.39 Å². The lowest BCUT2D eigenvalue weighted by atomic mass is 10.00. The lowest BCUT2D eigenvalue weighted by Crippen LogP contribution is -2.19. The third kappa shape index (κ3) is 1.48. The molecule has 0 heterocycles. The van der Waals surface area contributed by atoms with Crippen molar-refractivity contribution in [2.75, 3.05) is 0 Å².